The van der Waals surface area contributed by atoms with Crippen LogP contribution in [0.1, 0.15) is 21.5 Å². The third kappa shape index (κ3) is 4.68. The number of amides is 2. The first-order valence-corrected chi connectivity index (χ1v) is 7.60. The average Bonchev–Trinajstić information content (AvgIpc) is 2.47. The van der Waals surface area contributed by atoms with Gasteiger partial charge >= 0.3 is 0 Å². The number of benzene rings is 1. The van der Waals surface area contributed by atoms with E-state index >= 15 is 0 Å². The molecule has 0 radical (unpaired) electrons. The van der Waals surface area contributed by atoms with Crippen molar-refractivity contribution >= 4 is 40.7 Å². The van der Waals surface area contributed by atoms with E-state index in [0.717, 1.165) is 16.8 Å². The fourth-order valence-electron chi connectivity index (χ4n) is 2.05. The number of rotatable bonds is 4. The summed E-state index contributed by atoms with van der Waals surface area (Å²) in [5.74, 6) is -0.769. The largest absolute Gasteiger partial charge is 0.343 e. The molecule has 2 rings (SSSR count). The van der Waals surface area contributed by atoms with E-state index in [1.54, 1.807) is 0 Å². The van der Waals surface area contributed by atoms with E-state index in [4.69, 9.17) is 23.2 Å². The highest BCUT2D eigenvalue weighted by atomic mass is 35.5. The molecule has 0 aliphatic rings. The number of nitrogens with one attached hydrogen (secondary N) is 2. The number of hydrogen-bond donors (Lipinski definition) is 2. The molecule has 2 amide bonds. The molecule has 5 nitrogen and oxygen atoms in total. The number of pyridine rings is 1. The van der Waals surface area contributed by atoms with Gasteiger partial charge in [0.05, 0.1) is 6.54 Å². The molecular weight excluding hydrogens is 337 g/mol. The van der Waals surface area contributed by atoms with Crippen molar-refractivity contribution in [2.75, 3.05) is 11.9 Å². The molecule has 1 heterocycles. The Bertz CT molecular complexity index is 722. The number of carbonyl (C=O) groups excluding carboxylic acids is 2. The van der Waals surface area contributed by atoms with Gasteiger partial charge in [-0.05, 0) is 37.1 Å². The number of nitrogens with zero attached hydrogens (tertiary/aromatic N) is 1. The second-order valence-electron chi connectivity index (χ2n) is 5.00. The molecule has 0 aliphatic carbocycles. The molecule has 0 spiro atoms. The van der Waals surface area contributed by atoms with Gasteiger partial charge in [0.1, 0.15) is 10.3 Å². The molecule has 0 atom stereocenters. The molecule has 0 bridgehead atoms. The van der Waals surface area contributed by atoms with Crippen LogP contribution < -0.4 is 10.6 Å². The lowest BCUT2D eigenvalue weighted by atomic mass is 10.1. The van der Waals surface area contributed by atoms with Crippen molar-refractivity contribution in [1.82, 2.24) is 10.3 Å². The predicted octanol–water partition coefficient (Wildman–Crippen LogP) is 3.37. The summed E-state index contributed by atoms with van der Waals surface area (Å²) in [5.41, 5.74) is 2.91. The van der Waals surface area contributed by atoms with E-state index in [1.165, 1.54) is 12.1 Å². The summed E-state index contributed by atoms with van der Waals surface area (Å²) in [7, 11) is 0. The Morgan fingerprint density at radius 3 is 2.22 bits per heavy atom. The van der Waals surface area contributed by atoms with E-state index in [-0.39, 0.29) is 28.3 Å². The number of hydrogen-bond acceptors (Lipinski definition) is 3. The van der Waals surface area contributed by atoms with Crippen molar-refractivity contribution in [2.24, 2.45) is 0 Å². The summed E-state index contributed by atoms with van der Waals surface area (Å²) in [4.78, 5) is 27.8. The van der Waals surface area contributed by atoms with Gasteiger partial charge in [0.25, 0.3) is 5.91 Å². The van der Waals surface area contributed by atoms with Gasteiger partial charge in [-0.2, -0.15) is 0 Å². The van der Waals surface area contributed by atoms with Gasteiger partial charge < -0.3 is 10.6 Å². The molecule has 23 heavy (non-hydrogen) atoms. The Hall–Kier alpha value is -2.11. The Morgan fingerprint density at radius 2 is 1.65 bits per heavy atom. The van der Waals surface area contributed by atoms with Crippen LogP contribution in [0.4, 0.5) is 5.69 Å². The van der Waals surface area contributed by atoms with Crippen molar-refractivity contribution < 1.29 is 9.59 Å². The lowest BCUT2D eigenvalue weighted by Gasteiger charge is -2.12. The molecule has 0 fully saturated rings. The van der Waals surface area contributed by atoms with Gasteiger partial charge in [-0.15, -0.1) is 0 Å². The number of aromatic nitrogens is 1. The van der Waals surface area contributed by atoms with Crippen LogP contribution in [-0.4, -0.2) is 23.3 Å². The van der Waals surface area contributed by atoms with Crippen molar-refractivity contribution in [1.29, 1.82) is 0 Å². The minimum absolute atomic E-state index is 0.114. The third-order valence-electron chi connectivity index (χ3n) is 3.18. The first kappa shape index (κ1) is 17.2. The van der Waals surface area contributed by atoms with E-state index in [2.05, 4.69) is 15.6 Å². The summed E-state index contributed by atoms with van der Waals surface area (Å²) in [6.07, 6.45) is 0. The molecule has 0 saturated heterocycles. The van der Waals surface area contributed by atoms with Crippen LogP contribution in [0.15, 0.2) is 30.3 Å². The van der Waals surface area contributed by atoms with Crippen LogP contribution >= 0.6 is 23.2 Å². The minimum atomic E-state index is -0.451. The van der Waals surface area contributed by atoms with E-state index < -0.39 is 5.91 Å². The second kappa shape index (κ2) is 7.44. The van der Waals surface area contributed by atoms with E-state index in [0.29, 0.717) is 0 Å². The highest BCUT2D eigenvalue weighted by Crippen LogP contribution is 2.19. The molecule has 7 heteroatoms. The molecule has 0 unspecified atom stereocenters. The maximum atomic E-state index is 12.0. The second-order valence-corrected chi connectivity index (χ2v) is 5.77. The highest BCUT2D eigenvalue weighted by Gasteiger charge is 2.12. The maximum Gasteiger partial charge on any atom is 0.251 e. The Balaban J connectivity index is 1.97. The molecule has 2 aromatic rings. The Labute approximate surface area is 144 Å². The zero-order valence-electron chi connectivity index (χ0n) is 12.6. The summed E-state index contributed by atoms with van der Waals surface area (Å²) in [5, 5.41) is 5.53. The lowest BCUT2D eigenvalue weighted by Crippen LogP contribution is -2.33. The number of aryl methyl sites for hydroxylation is 2. The molecule has 0 saturated carbocycles. The Morgan fingerprint density at radius 1 is 1.09 bits per heavy atom. The van der Waals surface area contributed by atoms with Gasteiger partial charge in [-0.3, -0.25) is 9.59 Å². The number of para-hydroxylation sites is 1. The minimum Gasteiger partial charge on any atom is -0.343 e. The first-order chi connectivity index (χ1) is 10.9. The van der Waals surface area contributed by atoms with Crippen molar-refractivity contribution in [3.63, 3.8) is 0 Å². The monoisotopic (exact) mass is 351 g/mol. The fourth-order valence-corrected chi connectivity index (χ4v) is 2.51. The van der Waals surface area contributed by atoms with Crippen LogP contribution in [0.5, 0.6) is 0 Å². The fraction of sp³-hybridized carbons (Fsp3) is 0.188. The van der Waals surface area contributed by atoms with Crippen molar-refractivity contribution in [2.45, 2.75) is 13.8 Å². The number of anilines is 1. The van der Waals surface area contributed by atoms with Crippen LogP contribution in [0.3, 0.4) is 0 Å². The SMILES string of the molecule is Cc1cccc(C)c1NC(=O)CNC(=O)c1cc(Cl)nc(Cl)c1. The molecule has 2 N–H and O–H groups in total. The standard InChI is InChI=1S/C16H15Cl2N3O2/c1-9-4-3-5-10(2)15(9)21-14(22)8-19-16(23)11-6-12(17)20-13(18)7-11/h3-7H,8H2,1-2H3,(H,19,23)(H,21,22). The molecule has 120 valence electrons. The summed E-state index contributed by atoms with van der Waals surface area (Å²) in [6.45, 7) is 3.65. The average molecular weight is 352 g/mol. The first-order valence-electron chi connectivity index (χ1n) is 6.84. The quantitative estimate of drug-likeness (QED) is 0.829. The molecule has 1 aromatic carbocycles. The van der Waals surface area contributed by atoms with Crippen LogP contribution in [0.2, 0.25) is 10.3 Å². The van der Waals surface area contributed by atoms with Gasteiger partial charge in [0.2, 0.25) is 5.91 Å². The summed E-state index contributed by atoms with van der Waals surface area (Å²) < 4.78 is 0. The predicted molar refractivity (Wildman–Crippen MR) is 91.1 cm³/mol. The van der Waals surface area contributed by atoms with Gasteiger partial charge in [0.15, 0.2) is 0 Å². The van der Waals surface area contributed by atoms with E-state index in [9.17, 15) is 9.59 Å². The van der Waals surface area contributed by atoms with Crippen molar-refractivity contribution in [3.05, 3.63) is 57.3 Å². The van der Waals surface area contributed by atoms with Crippen LogP contribution in [-0.2, 0) is 4.79 Å². The smallest absolute Gasteiger partial charge is 0.251 e. The highest BCUT2D eigenvalue weighted by molar-refractivity contribution is 6.33. The lowest BCUT2D eigenvalue weighted by molar-refractivity contribution is -0.115. The maximum absolute atomic E-state index is 12.0. The summed E-state index contributed by atoms with van der Waals surface area (Å²) >= 11 is 11.5. The van der Waals surface area contributed by atoms with E-state index in [1.807, 2.05) is 32.0 Å². The number of halogens is 2. The zero-order valence-corrected chi connectivity index (χ0v) is 14.1. The van der Waals surface area contributed by atoms with Gasteiger partial charge in [-0.1, -0.05) is 41.4 Å². The number of carbonyl (C=O) groups is 2. The van der Waals surface area contributed by atoms with Gasteiger partial charge in [0, 0.05) is 11.3 Å². The third-order valence-corrected chi connectivity index (χ3v) is 3.57. The molecule has 0 aliphatic heterocycles. The molecule has 1 aromatic heterocycles. The topological polar surface area (TPSA) is 71.1 Å². The molecular formula is C16H15Cl2N3O2. The normalized spacial score (nSPS) is 10.3. The zero-order chi connectivity index (χ0) is 17.0. The van der Waals surface area contributed by atoms with Gasteiger partial charge in [-0.25, -0.2) is 4.98 Å². The van der Waals surface area contributed by atoms with Crippen molar-refractivity contribution in [3.8, 4) is 0 Å². The Kier molecular flexibility index (Phi) is 5.58. The van der Waals surface area contributed by atoms with Crippen LogP contribution in [0, 0.1) is 13.8 Å². The van der Waals surface area contributed by atoms with Crippen LogP contribution in [0.25, 0.3) is 0 Å². The summed E-state index contributed by atoms with van der Waals surface area (Å²) in [6, 6.07) is 8.49.